The number of carboxylic acids is 1. The van der Waals surface area contributed by atoms with Crippen LogP contribution in [-0.2, 0) is 4.79 Å². The van der Waals surface area contributed by atoms with Crippen molar-refractivity contribution < 1.29 is 14.7 Å². The van der Waals surface area contributed by atoms with Gasteiger partial charge in [0.05, 0.1) is 0 Å². The van der Waals surface area contributed by atoms with E-state index in [0.29, 0.717) is 23.1 Å². The Balaban J connectivity index is 2.46. The minimum Gasteiger partial charge on any atom is -0.476 e. The first kappa shape index (κ1) is 12.4. The van der Waals surface area contributed by atoms with E-state index in [4.69, 9.17) is 5.11 Å². The highest BCUT2D eigenvalue weighted by Crippen LogP contribution is 2.21. The van der Waals surface area contributed by atoms with Crippen LogP contribution in [0, 0.1) is 6.92 Å². The molecule has 0 aliphatic heterocycles. The highest BCUT2D eigenvalue weighted by molar-refractivity contribution is 7.15. The van der Waals surface area contributed by atoms with Gasteiger partial charge in [-0.05, 0) is 6.92 Å². The van der Waals surface area contributed by atoms with Gasteiger partial charge >= 0.3 is 5.97 Å². The zero-order chi connectivity index (χ0) is 12.1. The van der Waals surface area contributed by atoms with Gasteiger partial charge in [0, 0.05) is 24.9 Å². The Morgan fingerprint density at radius 3 is 2.62 bits per heavy atom. The molecule has 0 atom stereocenters. The minimum atomic E-state index is -1.02. The summed E-state index contributed by atoms with van der Waals surface area (Å²) in [6.45, 7) is 4.15. The molecule has 1 aromatic heterocycles. The number of carbonyl (C=O) groups excluding carboxylic acids is 1. The molecule has 0 saturated carbocycles. The van der Waals surface area contributed by atoms with E-state index in [2.05, 4.69) is 15.6 Å². The van der Waals surface area contributed by atoms with Gasteiger partial charge in [-0.2, -0.15) is 0 Å². The molecule has 0 radical (unpaired) electrons. The molecule has 7 heteroatoms. The molecule has 6 nitrogen and oxygen atoms in total. The molecule has 16 heavy (non-hydrogen) atoms. The third kappa shape index (κ3) is 3.50. The number of thiazole rings is 1. The highest BCUT2D eigenvalue weighted by atomic mass is 32.1. The quantitative estimate of drug-likeness (QED) is 0.662. The summed E-state index contributed by atoms with van der Waals surface area (Å²) in [6.07, 6.45) is 0. The number of amides is 1. The molecule has 88 valence electrons. The molecule has 0 aromatic carbocycles. The standard InChI is InChI=1S/C9H13N3O3S/c1-5-7(8(14)15)12-9(16-5)11-4-3-10-6(2)13/h3-4H2,1-2H3,(H,10,13)(H,11,12)(H,14,15). The number of carboxylic acid groups (broad SMARTS) is 1. The van der Waals surface area contributed by atoms with E-state index in [0.717, 1.165) is 0 Å². The lowest BCUT2D eigenvalue weighted by molar-refractivity contribution is -0.118. The summed E-state index contributed by atoms with van der Waals surface area (Å²) < 4.78 is 0. The summed E-state index contributed by atoms with van der Waals surface area (Å²) in [5.41, 5.74) is 0.0760. The van der Waals surface area contributed by atoms with E-state index >= 15 is 0 Å². The average molecular weight is 243 g/mol. The van der Waals surface area contributed by atoms with Crippen LogP contribution in [0.2, 0.25) is 0 Å². The summed E-state index contributed by atoms with van der Waals surface area (Å²) in [5, 5.41) is 14.9. The maximum Gasteiger partial charge on any atom is 0.355 e. The topological polar surface area (TPSA) is 91.3 Å². The number of aromatic carboxylic acids is 1. The Kier molecular flexibility index (Phi) is 4.24. The Morgan fingerprint density at radius 2 is 2.12 bits per heavy atom. The average Bonchev–Trinajstić information content (AvgIpc) is 2.54. The van der Waals surface area contributed by atoms with Crippen LogP contribution in [0.3, 0.4) is 0 Å². The normalized spacial score (nSPS) is 9.88. The first-order valence-electron chi connectivity index (χ1n) is 4.69. The number of carbonyl (C=O) groups is 2. The van der Waals surface area contributed by atoms with Crippen molar-refractivity contribution in [3.8, 4) is 0 Å². The largest absolute Gasteiger partial charge is 0.476 e. The van der Waals surface area contributed by atoms with Crippen molar-refractivity contribution in [1.82, 2.24) is 10.3 Å². The molecule has 1 heterocycles. The van der Waals surface area contributed by atoms with Crippen LogP contribution in [0.1, 0.15) is 22.3 Å². The van der Waals surface area contributed by atoms with Gasteiger partial charge in [0.15, 0.2) is 10.8 Å². The van der Waals surface area contributed by atoms with Crippen LogP contribution >= 0.6 is 11.3 Å². The monoisotopic (exact) mass is 243 g/mol. The fourth-order valence-electron chi connectivity index (χ4n) is 1.08. The van der Waals surface area contributed by atoms with Crippen LogP contribution in [0.15, 0.2) is 0 Å². The smallest absolute Gasteiger partial charge is 0.355 e. The molecular formula is C9H13N3O3S. The fourth-order valence-corrected chi connectivity index (χ4v) is 1.91. The molecule has 0 fully saturated rings. The van der Waals surface area contributed by atoms with Crippen molar-refractivity contribution in [2.75, 3.05) is 18.4 Å². The SMILES string of the molecule is CC(=O)NCCNc1nc(C(=O)O)c(C)s1. The summed E-state index contributed by atoms with van der Waals surface area (Å²) in [7, 11) is 0. The van der Waals surface area contributed by atoms with Crippen molar-refractivity contribution in [1.29, 1.82) is 0 Å². The molecule has 0 spiro atoms. The first-order chi connectivity index (χ1) is 7.50. The third-order valence-corrected chi connectivity index (χ3v) is 2.70. The second kappa shape index (κ2) is 5.45. The van der Waals surface area contributed by atoms with E-state index in [1.807, 2.05) is 0 Å². The molecule has 0 saturated heterocycles. The molecule has 1 rings (SSSR count). The van der Waals surface area contributed by atoms with E-state index < -0.39 is 5.97 Å². The van der Waals surface area contributed by atoms with Crippen molar-refractivity contribution in [3.63, 3.8) is 0 Å². The third-order valence-electron chi connectivity index (χ3n) is 1.77. The van der Waals surface area contributed by atoms with Crippen LogP contribution in [0.25, 0.3) is 0 Å². The van der Waals surface area contributed by atoms with Gasteiger partial charge in [-0.15, -0.1) is 11.3 Å². The molecule has 0 aliphatic rings. The zero-order valence-electron chi connectivity index (χ0n) is 9.03. The predicted octanol–water partition coefficient (Wildman–Crippen LogP) is 0.698. The summed E-state index contributed by atoms with van der Waals surface area (Å²) in [5.74, 6) is -1.12. The fraction of sp³-hybridized carbons (Fsp3) is 0.444. The van der Waals surface area contributed by atoms with Gasteiger partial charge < -0.3 is 15.7 Å². The van der Waals surface area contributed by atoms with E-state index in [9.17, 15) is 9.59 Å². The second-order valence-electron chi connectivity index (χ2n) is 3.14. The van der Waals surface area contributed by atoms with Crippen molar-refractivity contribution in [2.45, 2.75) is 13.8 Å². The Morgan fingerprint density at radius 1 is 1.44 bits per heavy atom. The van der Waals surface area contributed by atoms with E-state index in [1.165, 1.54) is 18.3 Å². The van der Waals surface area contributed by atoms with Gasteiger partial charge in [-0.3, -0.25) is 4.79 Å². The van der Waals surface area contributed by atoms with E-state index in [-0.39, 0.29) is 11.6 Å². The second-order valence-corrected chi connectivity index (χ2v) is 4.34. The number of rotatable bonds is 5. The van der Waals surface area contributed by atoms with Gasteiger partial charge in [0.25, 0.3) is 0 Å². The lowest BCUT2D eigenvalue weighted by Crippen LogP contribution is -2.26. The molecule has 0 aliphatic carbocycles. The van der Waals surface area contributed by atoms with Crippen molar-refractivity contribution >= 4 is 28.3 Å². The van der Waals surface area contributed by atoms with Gasteiger partial charge in [0.2, 0.25) is 5.91 Å². The van der Waals surface area contributed by atoms with Gasteiger partial charge in [0.1, 0.15) is 0 Å². The molecule has 1 aromatic rings. The molecule has 0 bridgehead atoms. The van der Waals surface area contributed by atoms with Gasteiger partial charge in [-0.1, -0.05) is 0 Å². The summed E-state index contributed by atoms with van der Waals surface area (Å²) in [4.78, 5) is 25.9. The summed E-state index contributed by atoms with van der Waals surface area (Å²) in [6, 6.07) is 0. The Labute approximate surface area is 96.7 Å². The van der Waals surface area contributed by atoms with E-state index in [1.54, 1.807) is 6.92 Å². The number of hydrogen-bond acceptors (Lipinski definition) is 5. The first-order valence-corrected chi connectivity index (χ1v) is 5.51. The van der Waals surface area contributed by atoms with Crippen molar-refractivity contribution in [3.05, 3.63) is 10.6 Å². The lowest BCUT2D eigenvalue weighted by Gasteiger charge is -2.02. The molecule has 3 N–H and O–H groups in total. The number of hydrogen-bond donors (Lipinski definition) is 3. The maximum atomic E-state index is 10.7. The minimum absolute atomic E-state index is 0.0760. The number of nitrogens with zero attached hydrogens (tertiary/aromatic N) is 1. The molecular weight excluding hydrogens is 230 g/mol. The Hall–Kier alpha value is -1.63. The van der Waals surface area contributed by atoms with Crippen LogP contribution in [-0.4, -0.2) is 35.1 Å². The number of nitrogens with one attached hydrogen (secondary N) is 2. The number of anilines is 1. The highest BCUT2D eigenvalue weighted by Gasteiger charge is 2.13. The van der Waals surface area contributed by atoms with Crippen LogP contribution in [0.4, 0.5) is 5.13 Å². The van der Waals surface area contributed by atoms with Crippen LogP contribution in [0.5, 0.6) is 0 Å². The lowest BCUT2D eigenvalue weighted by atomic mass is 10.4. The molecule has 0 unspecified atom stereocenters. The zero-order valence-corrected chi connectivity index (χ0v) is 9.85. The Bertz CT molecular complexity index is 403. The molecule has 1 amide bonds. The number of aromatic nitrogens is 1. The summed E-state index contributed by atoms with van der Waals surface area (Å²) >= 11 is 1.29. The van der Waals surface area contributed by atoms with Gasteiger partial charge in [-0.25, -0.2) is 9.78 Å². The maximum absolute atomic E-state index is 10.7. The van der Waals surface area contributed by atoms with Crippen LogP contribution < -0.4 is 10.6 Å². The predicted molar refractivity (Wildman–Crippen MR) is 61.0 cm³/mol. The van der Waals surface area contributed by atoms with Crippen molar-refractivity contribution in [2.24, 2.45) is 0 Å². The number of aryl methyl sites for hydroxylation is 1.